The van der Waals surface area contributed by atoms with Crippen LogP contribution in [0.3, 0.4) is 0 Å². The second-order valence-electron chi connectivity index (χ2n) is 5.70. The number of unbranched alkanes of at least 4 members (excludes halogenated alkanes) is 6. The van der Waals surface area contributed by atoms with Crippen LogP contribution < -0.4 is 0 Å². The van der Waals surface area contributed by atoms with Gasteiger partial charge in [-0.25, -0.2) is 0 Å². The van der Waals surface area contributed by atoms with Crippen LogP contribution in [0.15, 0.2) is 12.7 Å². The topological polar surface area (TPSA) is 0 Å². The molecule has 0 heterocycles. The average Bonchev–Trinajstić information content (AvgIpc) is 3.06. The van der Waals surface area contributed by atoms with Crippen LogP contribution in [-0.2, 0) is 0 Å². The summed E-state index contributed by atoms with van der Waals surface area (Å²) in [6.07, 6.45) is 19.4. The van der Waals surface area contributed by atoms with Crippen LogP contribution in [0.2, 0.25) is 0 Å². The van der Waals surface area contributed by atoms with Crippen molar-refractivity contribution in [3.63, 3.8) is 0 Å². The molecule has 0 unspecified atom stereocenters. The normalized spacial score (nSPS) is 17.3. The van der Waals surface area contributed by atoms with E-state index in [1.807, 2.05) is 0 Å². The first kappa shape index (κ1) is 13.8. The Morgan fingerprint density at radius 3 is 2.12 bits per heavy atom. The summed E-state index contributed by atoms with van der Waals surface area (Å²) in [5.41, 5.74) is 0.775. The molecular formula is C16H30. The molecule has 1 aliphatic rings. The summed E-state index contributed by atoms with van der Waals surface area (Å²) in [6, 6.07) is 0. The minimum absolute atomic E-state index is 0.775. The highest BCUT2D eigenvalue weighted by Crippen LogP contribution is 2.53. The van der Waals surface area contributed by atoms with Crippen LogP contribution in [0.25, 0.3) is 0 Å². The van der Waals surface area contributed by atoms with Gasteiger partial charge in [-0.15, -0.1) is 6.58 Å². The van der Waals surface area contributed by atoms with Crippen molar-refractivity contribution in [1.82, 2.24) is 0 Å². The maximum absolute atomic E-state index is 3.83. The van der Waals surface area contributed by atoms with E-state index in [4.69, 9.17) is 0 Å². The molecule has 0 spiro atoms. The monoisotopic (exact) mass is 222 g/mol. The Morgan fingerprint density at radius 1 is 0.938 bits per heavy atom. The molecule has 0 N–H and O–H groups in total. The third-order valence-corrected chi connectivity index (χ3v) is 4.15. The lowest BCUT2D eigenvalue weighted by molar-refractivity contribution is 0.405. The van der Waals surface area contributed by atoms with E-state index in [0.29, 0.717) is 0 Å². The molecule has 0 atom stereocenters. The van der Waals surface area contributed by atoms with Gasteiger partial charge < -0.3 is 0 Å². The SMILES string of the molecule is C=CCCC1(CCCCCCCCC)CC1. The van der Waals surface area contributed by atoms with Gasteiger partial charge in [-0.3, -0.25) is 0 Å². The van der Waals surface area contributed by atoms with E-state index in [-0.39, 0.29) is 0 Å². The molecular weight excluding hydrogens is 192 g/mol. The van der Waals surface area contributed by atoms with Crippen LogP contribution in [-0.4, -0.2) is 0 Å². The van der Waals surface area contributed by atoms with Gasteiger partial charge in [0.25, 0.3) is 0 Å². The predicted octanol–water partition coefficient (Wildman–Crippen LogP) is 5.87. The Kier molecular flexibility index (Phi) is 6.84. The standard InChI is InChI=1S/C16H30/c1-3-5-7-8-9-10-11-13-16(14-15-16)12-6-4-2/h4H,2-3,5-15H2,1H3. The zero-order chi connectivity index (χ0) is 11.7. The molecule has 0 aromatic carbocycles. The molecule has 0 aliphatic heterocycles. The average molecular weight is 222 g/mol. The molecule has 94 valence electrons. The van der Waals surface area contributed by atoms with Crippen molar-refractivity contribution in [2.75, 3.05) is 0 Å². The van der Waals surface area contributed by atoms with Gasteiger partial charge in [-0.05, 0) is 37.5 Å². The lowest BCUT2D eigenvalue weighted by Crippen LogP contribution is -1.99. The number of rotatable bonds is 11. The first-order valence-electron chi connectivity index (χ1n) is 7.44. The molecule has 0 saturated heterocycles. The summed E-state index contributed by atoms with van der Waals surface area (Å²) in [6.45, 7) is 6.12. The molecule has 1 fully saturated rings. The zero-order valence-corrected chi connectivity index (χ0v) is 11.3. The molecule has 0 aromatic rings. The second-order valence-corrected chi connectivity index (χ2v) is 5.70. The second kappa shape index (κ2) is 7.92. The Bertz CT molecular complexity index is 176. The van der Waals surface area contributed by atoms with Gasteiger partial charge in [-0.1, -0.05) is 57.9 Å². The van der Waals surface area contributed by atoms with Crippen molar-refractivity contribution in [3.05, 3.63) is 12.7 Å². The number of allylic oxidation sites excluding steroid dienone is 1. The third-order valence-electron chi connectivity index (χ3n) is 4.15. The fraction of sp³-hybridized carbons (Fsp3) is 0.875. The highest BCUT2D eigenvalue weighted by molar-refractivity contribution is 4.94. The minimum atomic E-state index is 0.775. The van der Waals surface area contributed by atoms with Gasteiger partial charge in [0.1, 0.15) is 0 Å². The van der Waals surface area contributed by atoms with E-state index in [1.165, 1.54) is 77.0 Å². The molecule has 16 heavy (non-hydrogen) atoms. The molecule has 0 radical (unpaired) electrons. The third kappa shape index (κ3) is 5.72. The highest BCUT2D eigenvalue weighted by Gasteiger charge is 2.40. The molecule has 1 aliphatic carbocycles. The van der Waals surface area contributed by atoms with Crippen LogP contribution >= 0.6 is 0 Å². The fourth-order valence-electron chi connectivity index (χ4n) is 2.67. The van der Waals surface area contributed by atoms with Crippen LogP contribution in [0.4, 0.5) is 0 Å². The van der Waals surface area contributed by atoms with Crippen molar-refractivity contribution < 1.29 is 0 Å². The summed E-state index contributed by atoms with van der Waals surface area (Å²) < 4.78 is 0. The molecule has 0 amide bonds. The van der Waals surface area contributed by atoms with Gasteiger partial charge in [-0.2, -0.15) is 0 Å². The van der Waals surface area contributed by atoms with Gasteiger partial charge in [0.2, 0.25) is 0 Å². The molecule has 1 rings (SSSR count). The van der Waals surface area contributed by atoms with Crippen LogP contribution in [0.5, 0.6) is 0 Å². The van der Waals surface area contributed by atoms with E-state index >= 15 is 0 Å². The smallest absolute Gasteiger partial charge is 0.0294 e. The Hall–Kier alpha value is -0.260. The van der Waals surface area contributed by atoms with Gasteiger partial charge in [0.05, 0.1) is 0 Å². The molecule has 0 bridgehead atoms. The van der Waals surface area contributed by atoms with Crippen LogP contribution in [0.1, 0.15) is 84.0 Å². The van der Waals surface area contributed by atoms with Gasteiger partial charge in [0, 0.05) is 0 Å². The fourth-order valence-corrected chi connectivity index (χ4v) is 2.67. The lowest BCUT2D eigenvalue weighted by Gasteiger charge is -2.13. The maximum Gasteiger partial charge on any atom is -0.0294 e. The molecule has 1 saturated carbocycles. The summed E-state index contributed by atoms with van der Waals surface area (Å²) >= 11 is 0. The van der Waals surface area contributed by atoms with E-state index in [2.05, 4.69) is 19.6 Å². The molecule has 0 nitrogen and oxygen atoms in total. The summed E-state index contributed by atoms with van der Waals surface area (Å²) in [4.78, 5) is 0. The van der Waals surface area contributed by atoms with Crippen LogP contribution in [0, 0.1) is 5.41 Å². The number of hydrogen-bond donors (Lipinski definition) is 0. The van der Waals surface area contributed by atoms with E-state index in [9.17, 15) is 0 Å². The molecule has 0 heteroatoms. The lowest BCUT2D eigenvalue weighted by atomic mass is 9.93. The largest absolute Gasteiger partial charge is 0.103 e. The quantitative estimate of drug-likeness (QED) is 0.303. The summed E-state index contributed by atoms with van der Waals surface area (Å²) in [7, 11) is 0. The van der Waals surface area contributed by atoms with Crippen molar-refractivity contribution in [3.8, 4) is 0 Å². The highest BCUT2D eigenvalue weighted by atomic mass is 14.4. The van der Waals surface area contributed by atoms with Crippen molar-refractivity contribution >= 4 is 0 Å². The Labute approximate surface area is 103 Å². The van der Waals surface area contributed by atoms with E-state index < -0.39 is 0 Å². The van der Waals surface area contributed by atoms with Crippen molar-refractivity contribution in [2.45, 2.75) is 84.0 Å². The Balaban J connectivity index is 1.89. The zero-order valence-electron chi connectivity index (χ0n) is 11.3. The maximum atomic E-state index is 3.83. The Morgan fingerprint density at radius 2 is 1.56 bits per heavy atom. The van der Waals surface area contributed by atoms with Gasteiger partial charge in [0.15, 0.2) is 0 Å². The molecule has 0 aromatic heterocycles. The van der Waals surface area contributed by atoms with E-state index in [0.717, 1.165) is 5.41 Å². The van der Waals surface area contributed by atoms with Gasteiger partial charge >= 0.3 is 0 Å². The van der Waals surface area contributed by atoms with Crippen molar-refractivity contribution in [1.29, 1.82) is 0 Å². The first-order chi connectivity index (χ1) is 7.83. The van der Waals surface area contributed by atoms with E-state index in [1.54, 1.807) is 0 Å². The van der Waals surface area contributed by atoms with Crippen molar-refractivity contribution in [2.24, 2.45) is 5.41 Å². The summed E-state index contributed by atoms with van der Waals surface area (Å²) in [5, 5.41) is 0. The first-order valence-corrected chi connectivity index (χ1v) is 7.44. The predicted molar refractivity (Wildman–Crippen MR) is 73.7 cm³/mol. The number of hydrogen-bond acceptors (Lipinski definition) is 0. The summed E-state index contributed by atoms with van der Waals surface area (Å²) in [5.74, 6) is 0. The minimum Gasteiger partial charge on any atom is -0.103 e.